The van der Waals surface area contributed by atoms with Crippen LogP contribution in [0.4, 0.5) is 4.79 Å². The van der Waals surface area contributed by atoms with Crippen molar-refractivity contribution in [1.82, 2.24) is 9.47 Å². The van der Waals surface area contributed by atoms with Gasteiger partial charge in [-0.3, -0.25) is 14.5 Å². The largest absolute Gasteiger partial charge is 0.340 e. The van der Waals surface area contributed by atoms with E-state index in [-0.39, 0.29) is 17.7 Å². The van der Waals surface area contributed by atoms with Crippen LogP contribution in [0.2, 0.25) is 15.1 Å². The Kier molecular flexibility index (Phi) is 6.69. The van der Waals surface area contributed by atoms with E-state index in [1.54, 1.807) is 18.2 Å². The van der Waals surface area contributed by atoms with Crippen LogP contribution in [0.25, 0.3) is 17.0 Å². The zero-order chi connectivity index (χ0) is 24.7. The molecule has 0 saturated carbocycles. The van der Waals surface area contributed by atoms with Gasteiger partial charge in [-0.1, -0.05) is 77.3 Å². The number of carbonyl (C=O) groups is 2. The van der Waals surface area contributed by atoms with Gasteiger partial charge in [-0.25, -0.2) is 0 Å². The predicted octanol–water partition coefficient (Wildman–Crippen LogP) is 8.19. The molecule has 0 unspecified atom stereocenters. The number of hydrogen-bond donors (Lipinski definition) is 0. The first-order valence-electron chi connectivity index (χ1n) is 10.8. The summed E-state index contributed by atoms with van der Waals surface area (Å²) in [4.78, 5) is 27.5. The molecule has 4 nitrogen and oxygen atoms in total. The molecule has 3 aromatic carbocycles. The molecular formula is C27H19Cl3N2O2S. The summed E-state index contributed by atoms with van der Waals surface area (Å²) >= 11 is 19.6. The molecule has 1 aliphatic rings. The molecule has 1 aromatic heterocycles. The van der Waals surface area contributed by atoms with Crippen LogP contribution in [0.5, 0.6) is 0 Å². The Hall–Kier alpha value is -2.70. The molecule has 4 aromatic rings. The Balaban J connectivity index is 1.51. The van der Waals surface area contributed by atoms with Gasteiger partial charge in [0.25, 0.3) is 11.1 Å². The Morgan fingerprint density at radius 3 is 2.34 bits per heavy atom. The molecule has 5 rings (SSSR count). The second-order valence-electron chi connectivity index (χ2n) is 8.20. The summed E-state index contributed by atoms with van der Waals surface area (Å²) in [6.45, 7) is 2.70. The van der Waals surface area contributed by atoms with Crippen molar-refractivity contribution in [2.24, 2.45) is 0 Å². The highest BCUT2D eigenvalue weighted by Crippen LogP contribution is 2.37. The van der Waals surface area contributed by atoms with Crippen molar-refractivity contribution in [3.63, 3.8) is 0 Å². The van der Waals surface area contributed by atoms with Gasteiger partial charge in [0.2, 0.25) is 0 Å². The minimum absolute atomic E-state index is 0.0885. The molecular weight excluding hydrogens is 523 g/mol. The molecule has 0 N–H and O–H groups in total. The van der Waals surface area contributed by atoms with E-state index in [2.05, 4.69) is 4.57 Å². The average Bonchev–Trinajstić information content (AvgIpc) is 3.25. The van der Waals surface area contributed by atoms with Gasteiger partial charge in [0.05, 0.1) is 11.4 Å². The lowest BCUT2D eigenvalue weighted by Crippen LogP contribution is -2.27. The van der Waals surface area contributed by atoms with Crippen LogP contribution in [-0.2, 0) is 17.9 Å². The predicted molar refractivity (Wildman–Crippen MR) is 145 cm³/mol. The van der Waals surface area contributed by atoms with Crippen molar-refractivity contribution in [1.29, 1.82) is 0 Å². The Labute approximate surface area is 222 Å². The highest BCUT2D eigenvalue weighted by atomic mass is 35.5. The summed E-state index contributed by atoms with van der Waals surface area (Å²) in [6.07, 6.45) is 1.81. The third kappa shape index (κ3) is 4.62. The molecule has 0 bridgehead atoms. The summed E-state index contributed by atoms with van der Waals surface area (Å²) < 4.78 is 2.18. The number of imide groups is 1. The van der Waals surface area contributed by atoms with E-state index in [9.17, 15) is 9.59 Å². The number of para-hydroxylation sites is 1. The zero-order valence-corrected chi connectivity index (χ0v) is 21.7. The molecule has 8 heteroatoms. The lowest BCUT2D eigenvalue weighted by molar-refractivity contribution is -0.123. The van der Waals surface area contributed by atoms with Crippen LogP contribution in [-0.4, -0.2) is 20.6 Å². The average molecular weight is 542 g/mol. The summed E-state index contributed by atoms with van der Waals surface area (Å²) in [6, 6.07) is 20.8. The van der Waals surface area contributed by atoms with E-state index >= 15 is 0 Å². The normalized spacial score (nSPS) is 15.1. The van der Waals surface area contributed by atoms with Gasteiger partial charge in [-0.05, 0) is 60.2 Å². The van der Waals surface area contributed by atoms with Crippen LogP contribution in [0, 0.1) is 6.92 Å². The van der Waals surface area contributed by atoms with Crippen LogP contribution in [0.1, 0.15) is 22.4 Å². The smallest absolute Gasteiger partial charge is 0.293 e. The molecule has 1 saturated heterocycles. The van der Waals surface area contributed by atoms with Crippen molar-refractivity contribution < 1.29 is 9.59 Å². The first-order chi connectivity index (χ1) is 16.8. The van der Waals surface area contributed by atoms with E-state index in [0.717, 1.165) is 39.5 Å². The summed E-state index contributed by atoms with van der Waals surface area (Å²) in [5, 5.41) is 2.29. The number of nitrogens with zero attached hydrogens (tertiary/aromatic N) is 2. The van der Waals surface area contributed by atoms with Gasteiger partial charge in [0.1, 0.15) is 0 Å². The lowest BCUT2D eigenvalue weighted by Gasteiger charge is -2.13. The molecule has 0 aliphatic carbocycles. The molecule has 35 heavy (non-hydrogen) atoms. The maximum Gasteiger partial charge on any atom is 0.293 e. The Morgan fingerprint density at radius 2 is 1.57 bits per heavy atom. The van der Waals surface area contributed by atoms with Crippen molar-refractivity contribution >= 4 is 74.7 Å². The Bertz CT molecular complexity index is 1530. The third-order valence-corrected chi connectivity index (χ3v) is 7.92. The van der Waals surface area contributed by atoms with Gasteiger partial charge >= 0.3 is 0 Å². The first kappa shape index (κ1) is 24.0. The van der Waals surface area contributed by atoms with Gasteiger partial charge in [-0.15, -0.1) is 0 Å². The third-order valence-electron chi connectivity index (χ3n) is 6.06. The fraction of sp³-hybridized carbons (Fsp3) is 0.111. The van der Waals surface area contributed by atoms with Gasteiger partial charge < -0.3 is 4.57 Å². The second-order valence-corrected chi connectivity index (χ2v) is 10.4. The lowest BCUT2D eigenvalue weighted by atomic mass is 10.1. The van der Waals surface area contributed by atoms with E-state index in [1.165, 1.54) is 4.90 Å². The van der Waals surface area contributed by atoms with Gasteiger partial charge in [0.15, 0.2) is 0 Å². The topological polar surface area (TPSA) is 42.3 Å². The number of benzene rings is 3. The minimum Gasteiger partial charge on any atom is -0.340 e. The quantitative estimate of drug-likeness (QED) is 0.239. The van der Waals surface area contributed by atoms with Crippen LogP contribution in [0.3, 0.4) is 0 Å². The summed E-state index contributed by atoms with van der Waals surface area (Å²) in [7, 11) is 0. The number of amides is 2. The number of thioether (sulfide) groups is 1. The van der Waals surface area contributed by atoms with Crippen LogP contribution < -0.4 is 0 Å². The van der Waals surface area contributed by atoms with Crippen LogP contribution >= 0.6 is 46.6 Å². The number of carbonyl (C=O) groups excluding carboxylic acids is 2. The highest BCUT2D eigenvalue weighted by molar-refractivity contribution is 8.18. The monoisotopic (exact) mass is 540 g/mol. The number of halogens is 3. The summed E-state index contributed by atoms with van der Waals surface area (Å²) in [5.41, 5.74) is 4.58. The van der Waals surface area contributed by atoms with Crippen molar-refractivity contribution in [2.45, 2.75) is 20.0 Å². The number of aromatic nitrogens is 1. The molecule has 0 spiro atoms. The van der Waals surface area contributed by atoms with Gasteiger partial charge in [-0.2, -0.15) is 0 Å². The SMILES string of the molecule is Cc1c(/C=C2\SC(=O)N(Cc3ccc(Cl)cc3Cl)C2=O)c2ccccc2n1Cc1ccccc1Cl. The Morgan fingerprint density at radius 1 is 0.857 bits per heavy atom. The van der Waals surface area contributed by atoms with Crippen molar-refractivity contribution in [3.05, 3.63) is 109 Å². The molecule has 0 radical (unpaired) electrons. The molecule has 176 valence electrons. The first-order valence-corrected chi connectivity index (χ1v) is 12.8. The van der Waals surface area contributed by atoms with E-state index in [1.807, 2.05) is 61.5 Å². The second kappa shape index (κ2) is 9.75. The van der Waals surface area contributed by atoms with E-state index in [0.29, 0.717) is 32.1 Å². The maximum absolute atomic E-state index is 13.2. The van der Waals surface area contributed by atoms with Crippen LogP contribution in [0.15, 0.2) is 71.6 Å². The molecule has 1 aliphatic heterocycles. The standard InChI is InChI=1S/C27H19Cl3N2O2S/c1-16-21(20-7-3-5-9-24(20)31(16)14-17-6-2-4-8-22(17)29)13-25-26(33)32(27(34)35-25)15-18-10-11-19(28)12-23(18)30/h2-13H,14-15H2,1H3/b25-13-. The number of fused-ring (bicyclic) bond motifs is 1. The number of hydrogen-bond acceptors (Lipinski definition) is 3. The minimum atomic E-state index is -0.339. The molecule has 0 atom stereocenters. The molecule has 1 fully saturated rings. The fourth-order valence-electron chi connectivity index (χ4n) is 4.23. The molecule has 2 heterocycles. The van der Waals surface area contributed by atoms with E-state index in [4.69, 9.17) is 34.8 Å². The fourth-order valence-corrected chi connectivity index (χ4v) is 5.71. The van der Waals surface area contributed by atoms with E-state index < -0.39 is 0 Å². The van der Waals surface area contributed by atoms with Crippen molar-refractivity contribution in [3.8, 4) is 0 Å². The zero-order valence-electron chi connectivity index (χ0n) is 18.6. The van der Waals surface area contributed by atoms with Crippen molar-refractivity contribution in [2.75, 3.05) is 0 Å². The maximum atomic E-state index is 13.2. The molecule has 2 amide bonds. The summed E-state index contributed by atoms with van der Waals surface area (Å²) in [5.74, 6) is -0.339. The number of rotatable bonds is 5. The highest BCUT2D eigenvalue weighted by Gasteiger charge is 2.35. The van der Waals surface area contributed by atoms with Gasteiger partial charge in [0, 0.05) is 43.8 Å².